The number of hydrogen-bond acceptors (Lipinski definition) is 5. The lowest BCUT2D eigenvalue weighted by atomic mass is 10.2. The number of nitrogens with one attached hydrogen (secondary N) is 1. The Morgan fingerprint density at radius 2 is 2.10 bits per heavy atom. The lowest BCUT2D eigenvalue weighted by Gasteiger charge is -2.05. The minimum absolute atomic E-state index is 0.0516. The molecule has 0 radical (unpaired) electrons. The second-order valence-electron chi connectivity index (χ2n) is 4.57. The molecule has 0 fully saturated rings. The Morgan fingerprint density at radius 3 is 2.90 bits per heavy atom. The average Bonchev–Trinajstić information content (AvgIpc) is 3.03. The van der Waals surface area contributed by atoms with E-state index >= 15 is 0 Å². The van der Waals surface area contributed by atoms with Crippen LogP contribution in [0.15, 0.2) is 54.0 Å². The van der Waals surface area contributed by atoms with Crippen LogP contribution in [-0.2, 0) is 13.2 Å². The molecule has 3 aromatic rings. The molecule has 0 amide bonds. The van der Waals surface area contributed by atoms with Crippen LogP contribution in [0.25, 0.3) is 10.7 Å². The van der Waals surface area contributed by atoms with Crippen LogP contribution in [-0.4, -0.2) is 15.1 Å². The molecule has 0 aliphatic rings. The summed E-state index contributed by atoms with van der Waals surface area (Å²) in [6, 6.07) is 13.6. The van der Waals surface area contributed by atoms with Crippen molar-refractivity contribution in [1.82, 2.24) is 9.97 Å². The second-order valence-corrected chi connectivity index (χ2v) is 5.43. The summed E-state index contributed by atoms with van der Waals surface area (Å²) in [6.07, 6.45) is 1.77. The van der Waals surface area contributed by atoms with Crippen molar-refractivity contribution in [2.45, 2.75) is 13.2 Å². The fourth-order valence-corrected chi connectivity index (χ4v) is 2.76. The summed E-state index contributed by atoms with van der Waals surface area (Å²) < 4.78 is 0. The molecular formula is C16H15N3OS. The average molecular weight is 297 g/mol. The Bertz CT molecular complexity index is 712. The molecule has 0 bridgehead atoms. The summed E-state index contributed by atoms with van der Waals surface area (Å²) in [4.78, 5) is 8.89. The van der Waals surface area contributed by atoms with Crippen molar-refractivity contribution in [1.29, 1.82) is 0 Å². The van der Waals surface area contributed by atoms with Gasteiger partial charge in [0, 0.05) is 17.3 Å². The summed E-state index contributed by atoms with van der Waals surface area (Å²) in [5.41, 5.74) is 3.76. The summed E-state index contributed by atoms with van der Waals surface area (Å²) in [6.45, 7) is 0.703. The van der Waals surface area contributed by atoms with E-state index in [1.54, 1.807) is 17.5 Å². The van der Waals surface area contributed by atoms with Crippen LogP contribution in [0.2, 0.25) is 0 Å². The van der Waals surface area contributed by atoms with Crippen molar-refractivity contribution in [2.24, 2.45) is 0 Å². The first kappa shape index (κ1) is 13.7. The van der Waals surface area contributed by atoms with E-state index in [0.717, 1.165) is 27.6 Å². The summed E-state index contributed by atoms with van der Waals surface area (Å²) >= 11 is 1.59. The van der Waals surface area contributed by atoms with Crippen molar-refractivity contribution in [3.05, 3.63) is 65.3 Å². The molecule has 0 spiro atoms. The van der Waals surface area contributed by atoms with Crippen LogP contribution in [0.3, 0.4) is 0 Å². The van der Waals surface area contributed by atoms with Crippen molar-refractivity contribution in [2.75, 3.05) is 5.32 Å². The number of pyridine rings is 1. The van der Waals surface area contributed by atoms with Crippen LogP contribution in [0, 0.1) is 0 Å². The van der Waals surface area contributed by atoms with Gasteiger partial charge in [-0.2, -0.15) is 0 Å². The molecule has 3 rings (SSSR count). The predicted octanol–water partition coefficient (Wildman–Crippen LogP) is 3.31. The van der Waals surface area contributed by atoms with E-state index in [1.165, 1.54) is 0 Å². The zero-order chi connectivity index (χ0) is 14.5. The van der Waals surface area contributed by atoms with Gasteiger partial charge in [-0.25, -0.2) is 4.98 Å². The normalized spacial score (nSPS) is 10.5. The number of aliphatic hydroxyl groups excluding tert-OH is 1. The zero-order valence-electron chi connectivity index (χ0n) is 11.4. The Morgan fingerprint density at radius 1 is 1.14 bits per heavy atom. The number of hydrogen-bond donors (Lipinski definition) is 2. The molecule has 106 valence electrons. The molecule has 1 aromatic carbocycles. The molecule has 21 heavy (non-hydrogen) atoms. The minimum atomic E-state index is 0.0516. The van der Waals surface area contributed by atoms with Crippen molar-refractivity contribution >= 4 is 17.0 Å². The SMILES string of the molecule is OCc1cccc(NCc2csc(-c3ccccn3)n2)c1. The number of thiazole rings is 1. The van der Waals surface area contributed by atoms with Crippen molar-refractivity contribution in [3.8, 4) is 10.7 Å². The molecule has 0 saturated carbocycles. The largest absolute Gasteiger partial charge is 0.392 e. The Kier molecular flexibility index (Phi) is 4.23. The van der Waals surface area contributed by atoms with Gasteiger partial charge < -0.3 is 10.4 Å². The Balaban J connectivity index is 1.67. The lowest BCUT2D eigenvalue weighted by molar-refractivity contribution is 0.282. The first-order chi connectivity index (χ1) is 10.3. The number of anilines is 1. The Hall–Kier alpha value is -2.24. The molecule has 0 saturated heterocycles. The maximum Gasteiger partial charge on any atom is 0.142 e. The molecule has 0 atom stereocenters. The molecule has 4 nitrogen and oxygen atoms in total. The highest BCUT2D eigenvalue weighted by atomic mass is 32.1. The summed E-state index contributed by atoms with van der Waals surface area (Å²) in [7, 11) is 0. The summed E-state index contributed by atoms with van der Waals surface area (Å²) in [5.74, 6) is 0. The van der Waals surface area contributed by atoms with Gasteiger partial charge in [0.25, 0.3) is 0 Å². The molecular weight excluding hydrogens is 282 g/mol. The standard InChI is InChI=1S/C16H15N3OS/c20-10-12-4-3-5-13(8-12)18-9-14-11-21-16(19-14)15-6-1-2-7-17-15/h1-8,11,18,20H,9-10H2. The second kappa shape index (κ2) is 6.47. The molecule has 2 aromatic heterocycles. The van der Waals surface area contributed by atoms with Gasteiger partial charge >= 0.3 is 0 Å². The van der Waals surface area contributed by atoms with Crippen LogP contribution in [0.4, 0.5) is 5.69 Å². The molecule has 0 aliphatic heterocycles. The first-order valence-corrected chi connectivity index (χ1v) is 7.52. The van der Waals surface area contributed by atoms with E-state index in [4.69, 9.17) is 5.11 Å². The fraction of sp³-hybridized carbons (Fsp3) is 0.125. The van der Waals surface area contributed by atoms with Gasteiger partial charge in [-0.1, -0.05) is 18.2 Å². The quantitative estimate of drug-likeness (QED) is 0.758. The van der Waals surface area contributed by atoms with E-state index in [-0.39, 0.29) is 6.61 Å². The van der Waals surface area contributed by atoms with Gasteiger partial charge in [0.05, 0.1) is 24.5 Å². The molecule has 5 heteroatoms. The molecule has 2 heterocycles. The lowest BCUT2D eigenvalue weighted by Crippen LogP contribution is -2.00. The van der Waals surface area contributed by atoms with Gasteiger partial charge in [-0.15, -0.1) is 11.3 Å². The predicted molar refractivity (Wildman–Crippen MR) is 85.0 cm³/mol. The van der Waals surface area contributed by atoms with E-state index < -0.39 is 0 Å². The third-order valence-corrected chi connectivity index (χ3v) is 3.93. The van der Waals surface area contributed by atoms with Gasteiger partial charge in [0.15, 0.2) is 0 Å². The molecule has 0 aliphatic carbocycles. The van der Waals surface area contributed by atoms with Gasteiger partial charge in [0.2, 0.25) is 0 Å². The summed E-state index contributed by atoms with van der Waals surface area (Å²) in [5, 5.41) is 15.4. The molecule has 0 unspecified atom stereocenters. The highest BCUT2D eigenvalue weighted by Gasteiger charge is 2.05. The van der Waals surface area contributed by atoms with Crippen molar-refractivity contribution in [3.63, 3.8) is 0 Å². The highest BCUT2D eigenvalue weighted by Crippen LogP contribution is 2.22. The molecule has 2 N–H and O–H groups in total. The number of rotatable bonds is 5. The smallest absolute Gasteiger partial charge is 0.142 e. The monoisotopic (exact) mass is 297 g/mol. The number of nitrogens with zero attached hydrogens (tertiary/aromatic N) is 2. The highest BCUT2D eigenvalue weighted by molar-refractivity contribution is 7.13. The van der Waals surface area contributed by atoms with Crippen LogP contribution in [0.5, 0.6) is 0 Å². The van der Waals surface area contributed by atoms with Gasteiger partial charge in [-0.3, -0.25) is 4.98 Å². The maximum absolute atomic E-state index is 9.13. The van der Waals surface area contributed by atoms with E-state index in [2.05, 4.69) is 15.3 Å². The topological polar surface area (TPSA) is 58.0 Å². The number of aliphatic hydroxyl groups is 1. The maximum atomic E-state index is 9.13. The van der Waals surface area contributed by atoms with Crippen LogP contribution in [0.1, 0.15) is 11.3 Å². The van der Waals surface area contributed by atoms with Crippen LogP contribution < -0.4 is 5.32 Å². The number of aromatic nitrogens is 2. The fourth-order valence-electron chi connectivity index (χ4n) is 1.97. The van der Waals surface area contributed by atoms with E-state index in [0.29, 0.717) is 6.54 Å². The third kappa shape index (κ3) is 3.45. The van der Waals surface area contributed by atoms with Gasteiger partial charge in [-0.05, 0) is 29.8 Å². The minimum Gasteiger partial charge on any atom is -0.392 e. The first-order valence-electron chi connectivity index (χ1n) is 6.64. The number of benzene rings is 1. The van der Waals surface area contributed by atoms with E-state index in [1.807, 2.05) is 47.8 Å². The van der Waals surface area contributed by atoms with Crippen molar-refractivity contribution < 1.29 is 5.11 Å². The zero-order valence-corrected chi connectivity index (χ0v) is 12.2. The van der Waals surface area contributed by atoms with Crippen LogP contribution >= 0.6 is 11.3 Å². The van der Waals surface area contributed by atoms with E-state index in [9.17, 15) is 0 Å². The Labute approximate surface area is 127 Å². The third-order valence-electron chi connectivity index (χ3n) is 3.02. The van der Waals surface area contributed by atoms with Gasteiger partial charge in [0.1, 0.15) is 5.01 Å².